The fourth-order valence-electron chi connectivity index (χ4n) is 2.27. The fourth-order valence-corrected chi connectivity index (χ4v) is 2.27. The molecule has 0 aromatic rings. The molecule has 1 saturated carbocycles. The normalized spacial score (nSPS) is 18.0. The standard InChI is InChI=1S/C13H22N2O/c1-4-12(14-3)13(16)15(5-2)11-9-7-6-8-10-11/h4-5,11,14H,2,6-10H2,1,3H3/b12-4+. The van der Waals surface area contributed by atoms with E-state index >= 15 is 0 Å². The van der Waals surface area contributed by atoms with Gasteiger partial charge in [-0.1, -0.05) is 31.9 Å². The maximum Gasteiger partial charge on any atom is 0.273 e. The first-order valence-corrected chi connectivity index (χ1v) is 6.03. The molecule has 0 aromatic carbocycles. The highest BCUT2D eigenvalue weighted by Crippen LogP contribution is 2.23. The second kappa shape index (κ2) is 6.36. The number of carbonyl (C=O) groups is 1. The Hall–Kier alpha value is -1.25. The van der Waals surface area contributed by atoms with Gasteiger partial charge in [0.25, 0.3) is 5.91 Å². The zero-order chi connectivity index (χ0) is 12.0. The third-order valence-electron chi connectivity index (χ3n) is 3.19. The van der Waals surface area contributed by atoms with Crippen LogP contribution < -0.4 is 5.32 Å². The molecule has 1 fully saturated rings. The zero-order valence-electron chi connectivity index (χ0n) is 10.3. The van der Waals surface area contributed by atoms with Crippen molar-refractivity contribution in [2.45, 2.75) is 45.1 Å². The van der Waals surface area contributed by atoms with Gasteiger partial charge in [0.05, 0.1) is 5.70 Å². The van der Waals surface area contributed by atoms with E-state index in [2.05, 4.69) is 11.9 Å². The van der Waals surface area contributed by atoms with Crippen LogP contribution in [0.4, 0.5) is 0 Å². The molecule has 0 atom stereocenters. The molecule has 0 aromatic heterocycles. The first-order chi connectivity index (χ1) is 7.74. The Bertz CT molecular complexity index is 278. The van der Waals surface area contributed by atoms with Gasteiger partial charge < -0.3 is 10.2 Å². The number of nitrogens with zero attached hydrogens (tertiary/aromatic N) is 1. The second-order valence-electron chi connectivity index (χ2n) is 4.14. The quantitative estimate of drug-likeness (QED) is 0.741. The van der Waals surface area contributed by atoms with Crippen molar-refractivity contribution >= 4 is 5.91 Å². The summed E-state index contributed by atoms with van der Waals surface area (Å²) in [6.45, 7) is 5.63. The Morgan fingerprint density at radius 2 is 2.00 bits per heavy atom. The minimum Gasteiger partial charge on any atom is -0.384 e. The van der Waals surface area contributed by atoms with E-state index in [0.29, 0.717) is 11.7 Å². The van der Waals surface area contributed by atoms with E-state index in [1.807, 2.05) is 13.0 Å². The molecule has 0 bridgehead atoms. The molecule has 16 heavy (non-hydrogen) atoms. The lowest BCUT2D eigenvalue weighted by Crippen LogP contribution is -2.40. The smallest absolute Gasteiger partial charge is 0.273 e. The average molecular weight is 222 g/mol. The highest BCUT2D eigenvalue weighted by Gasteiger charge is 2.24. The van der Waals surface area contributed by atoms with Gasteiger partial charge in [-0.05, 0) is 19.8 Å². The van der Waals surface area contributed by atoms with Crippen molar-refractivity contribution in [1.82, 2.24) is 10.2 Å². The lowest BCUT2D eigenvalue weighted by Gasteiger charge is -2.32. The molecule has 3 heteroatoms. The number of carbonyl (C=O) groups excluding carboxylic acids is 1. The van der Waals surface area contributed by atoms with Crippen LogP contribution in [0.3, 0.4) is 0 Å². The predicted octanol–water partition coefficient (Wildman–Crippen LogP) is 2.41. The van der Waals surface area contributed by atoms with Gasteiger partial charge in [-0.3, -0.25) is 4.79 Å². The molecule has 0 spiro atoms. The predicted molar refractivity (Wildman–Crippen MR) is 66.7 cm³/mol. The van der Waals surface area contributed by atoms with Crippen molar-refractivity contribution < 1.29 is 4.79 Å². The van der Waals surface area contributed by atoms with Gasteiger partial charge in [0, 0.05) is 19.3 Å². The number of amides is 1. The molecule has 0 heterocycles. The van der Waals surface area contributed by atoms with Crippen LogP contribution in [0.2, 0.25) is 0 Å². The van der Waals surface area contributed by atoms with E-state index in [9.17, 15) is 4.79 Å². The summed E-state index contributed by atoms with van der Waals surface area (Å²) < 4.78 is 0. The van der Waals surface area contributed by atoms with Gasteiger partial charge in [-0.2, -0.15) is 0 Å². The van der Waals surface area contributed by atoms with E-state index < -0.39 is 0 Å². The minimum absolute atomic E-state index is 0.0342. The van der Waals surface area contributed by atoms with Crippen molar-refractivity contribution in [3.63, 3.8) is 0 Å². The molecule has 0 aliphatic heterocycles. The van der Waals surface area contributed by atoms with Crippen molar-refractivity contribution in [2.75, 3.05) is 7.05 Å². The second-order valence-corrected chi connectivity index (χ2v) is 4.14. The van der Waals surface area contributed by atoms with Crippen LogP contribution in [-0.2, 0) is 4.79 Å². The van der Waals surface area contributed by atoms with Gasteiger partial charge in [0.2, 0.25) is 0 Å². The third-order valence-corrected chi connectivity index (χ3v) is 3.19. The molecule has 3 nitrogen and oxygen atoms in total. The number of hydrogen-bond donors (Lipinski definition) is 1. The van der Waals surface area contributed by atoms with Crippen LogP contribution >= 0.6 is 0 Å². The zero-order valence-corrected chi connectivity index (χ0v) is 10.3. The molecule has 1 amide bonds. The summed E-state index contributed by atoms with van der Waals surface area (Å²) in [5.74, 6) is 0.0342. The number of nitrogens with one attached hydrogen (secondary N) is 1. The van der Waals surface area contributed by atoms with Crippen LogP contribution in [0, 0.1) is 0 Å². The number of allylic oxidation sites excluding steroid dienone is 1. The van der Waals surface area contributed by atoms with Crippen LogP contribution in [-0.4, -0.2) is 23.9 Å². The summed E-state index contributed by atoms with van der Waals surface area (Å²) in [6.07, 6.45) is 9.38. The third kappa shape index (κ3) is 2.87. The van der Waals surface area contributed by atoms with Crippen molar-refractivity contribution in [1.29, 1.82) is 0 Å². The van der Waals surface area contributed by atoms with E-state index in [1.165, 1.54) is 19.3 Å². The van der Waals surface area contributed by atoms with Crippen molar-refractivity contribution in [3.8, 4) is 0 Å². The Morgan fingerprint density at radius 3 is 2.44 bits per heavy atom. The summed E-state index contributed by atoms with van der Waals surface area (Å²) >= 11 is 0. The first-order valence-electron chi connectivity index (χ1n) is 6.03. The molecule has 0 radical (unpaired) electrons. The monoisotopic (exact) mass is 222 g/mol. The van der Waals surface area contributed by atoms with Crippen LogP contribution in [0.15, 0.2) is 24.6 Å². The molecule has 1 rings (SSSR count). The molecule has 1 aliphatic rings. The van der Waals surface area contributed by atoms with Gasteiger partial charge in [-0.15, -0.1) is 0 Å². The van der Waals surface area contributed by atoms with Crippen LogP contribution in [0.1, 0.15) is 39.0 Å². The molecule has 0 unspecified atom stereocenters. The maximum atomic E-state index is 12.2. The Balaban J connectivity index is 2.72. The lowest BCUT2D eigenvalue weighted by atomic mass is 9.94. The number of rotatable bonds is 4. The Labute approximate surface area is 98.2 Å². The topological polar surface area (TPSA) is 32.3 Å². The summed E-state index contributed by atoms with van der Waals surface area (Å²) in [5.41, 5.74) is 0.644. The summed E-state index contributed by atoms with van der Waals surface area (Å²) in [6, 6.07) is 0.335. The highest BCUT2D eigenvalue weighted by atomic mass is 16.2. The van der Waals surface area contributed by atoms with Crippen LogP contribution in [0.5, 0.6) is 0 Å². The number of likely N-dealkylation sites (N-methyl/N-ethyl adjacent to an activating group) is 1. The fraction of sp³-hybridized carbons (Fsp3) is 0.615. The summed E-state index contributed by atoms with van der Waals surface area (Å²) in [4.78, 5) is 13.9. The van der Waals surface area contributed by atoms with Gasteiger partial charge in [-0.25, -0.2) is 0 Å². The molecular weight excluding hydrogens is 200 g/mol. The summed E-state index contributed by atoms with van der Waals surface area (Å²) in [5, 5.41) is 2.93. The molecule has 0 saturated heterocycles. The lowest BCUT2D eigenvalue weighted by molar-refractivity contribution is -0.127. The van der Waals surface area contributed by atoms with Gasteiger partial charge in [0.1, 0.15) is 0 Å². The minimum atomic E-state index is 0.0342. The summed E-state index contributed by atoms with van der Waals surface area (Å²) in [7, 11) is 1.77. The van der Waals surface area contributed by atoms with Crippen molar-refractivity contribution in [2.24, 2.45) is 0 Å². The first kappa shape index (κ1) is 12.8. The average Bonchev–Trinajstić information content (AvgIpc) is 2.33. The Kier molecular flexibility index (Phi) is 5.09. The molecule has 1 aliphatic carbocycles. The van der Waals surface area contributed by atoms with Crippen LogP contribution in [0.25, 0.3) is 0 Å². The SMILES string of the molecule is C=CN(C(=O)/C(=C\C)NC)C1CCCCC1. The maximum absolute atomic E-state index is 12.2. The van der Waals surface area contributed by atoms with Gasteiger partial charge in [0.15, 0.2) is 0 Å². The Morgan fingerprint density at radius 1 is 1.38 bits per heavy atom. The van der Waals surface area contributed by atoms with E-state index in [-0.39, 0.29) is 5.91 Å². The van der Waals surface area contributed by atoms with E-state index in [4.69, 9.17) is 0 Å². The largest absolute Gasteiger partial charge is 0.384 e. The van der Waals surface area contributed by atoms with E-state index in [0.717, 1.165) is 12.8 Å². The number of hydrogen-bond acceptors (Lipinski definition) is 2. The van der Waals surface area contributed by atoms with E-state index in [1.54, 1.807) is 18.1 Å². The molecule has 1 N–H and O–H groups in total. The molecular formula is C13H22N2O. The molecule has 90 valence electrons. The highest BCUT2D eigenvalue weighted by molar-refractivity contribution is 5.93. The van der Waals surface area contributed by atoms with Crippen molar-refractivity contribution in [3.05, 3.63) is 24.6 Å². The van der Waals surface area contributed by atoms with Gasteiger partial charge >= 0.3 is 0 Å².